The number of likely N-dealkylation sites (N-methyl/N-ethyl adjacent to an activating group) is 1. The van der Waals surface area contributed by atoms with E-state index in [9.17, 15) is 4.79 Å². The van der Waals surface area contributed by atoms with Crippen molar-refractivity contribution in [2.24, 2.45) is 0 Å². The molecule has 2 aliphatic rings. The van der Waals surface area contributed by atoms with E-state index in [0.717, 1.165) is 56.9 Å². The molecule has 6 heteroatoms. The van der Waals surface area contributed by atoms with Crippen LogP contribution in [-0.4, -0.2) is 61.6 Å². The lowest BCUT2D eigenvalue weighted by Gasteiger charge is -2.34. The number of hydrogen-bond acceptors (Lipinski definition) is 5. The summed E-state index contributed by atoms with van der Waals surface area (Å²) in [6.07, 6.45) is 5.07. The van der Waals surface area contributed by atoms with Crippen molar-refractivity contribution in [3.05, 3.63) is 23.9 Å². The fourth-order valence-electron chi connectivity index (χ4n) is 3.25. The second-order valence-electron chi connectivity index (χ2n) is 6.50. The summed E-state index contributed by atoms with van der Waals surface area (Å²) >= 11 is 0. The van der Waals surface area contributed by atoms with E-state index in [0.29, 0.717) is 6.54 Å². The van der Waals surface area contributed by atoms with Gasteiger partial charge in [-0.15, -0.1) is 0 Å². The monoisotopic (exact) mass is 317 g/mol. The summed E-state index contributed by atoms with van der Waals surface area (Å²) in [5.41, 5.74) is 1.10. The Morgan fingerprint density at radius 2 is 2.17 bits per heavy atom. The van der Waals surface area contributed by atoms with Gasteiger partial charge in [-0.25, -0.2) is 4.98 Å². The number of nitrogens with zero attached hydrogens (tertiary/aromatic N) is 3. The number of hydrogen-bond donors (Lipinski definition) is 2. The smallest absolute Gasteiger partial charge is 0.237 e. The van der Waals surface area contributed by atoms with Gasteiger partial charge in [-0.05, 0) is 32.5 Å². The minimum atomic E-state index is -0.0347. The Bertz CT molecular complexity index is 521. The Morgan fingerprint density at radius 3 is 2.91 bits per heavy atom. The summed E-state index contributed by atoms with van der Waals surface area (Å²) in [4.78, 5) is 21.5. The van der Waals surface area contributed by atoms with Crippen LogP contribution >= 0.6 is 0 Å². The van der Waals surface area contributed by atoms with Gasteiger partial charge >= 0.3 is 0 Å². The summed E-state index contributed by atoms with van der Waals surface area (Å²) in [6.45, 7) is 5.56. The molecule has 1 aromatic rings. The second-order valence-corrected chi connectivity index (χ2v) is 6.50. The van der Waals surface area contributed by atoms with Gasteiger partial charge in [-0.1, -0.05) is 12.5 Å². The van der Waals surface area contributed by atoms with Crippen LogP contribution in [0, 0.1) is 0 Å². The highest BCUT2D eigenvalue weighted by Crippen LogP contribution is 2.18. The van der Waals surface area contributed by atoms with Gasteiger partial charge in [0.1, 0.15) is 5.82 Å². The minimum absolute atomic E-state index is 0.0347. The Balaban J connectivity index is 1.60. The molecule has 1 atom stereocenters. The number of aromatic nitrogens is 1. The van der Waals surface area contributed by atoms with E-state index in [-0.39, 0.29) is 11.9 Å². The summed E-state index contributed by atoms with van der Waals surface area (Å²) in [5.74, 6) is 1.12. The molecule has 126 valence electrons. The van der Waals surface area contributed by atoms with Crippen LogP contribution < -0.4 is 15.5 Å². The molecule has 23 heavy (non-hydrogen) atoms. The number of carbonyl (C=O) groups is 1. The van der Waals surface area contributed by atoms with Crippen LogP contribution in [0.15, 0.2) is 18.3 Å². The van der Waals surface area contributed by atoms with Crippen molar-refractivity contribution in [1.82, 2.24) is 20.5 Å². The molecule has 3 rings (SSSR count). The Hall–Kier alpha value is -1.66. The topological polar surface area (TPSA) is 60.5 Å². The number of amides is 1. The number of carbonyl (C=O) groups excluding carboxylic acids is 1. The summed E-state index contributed by atoms with van der Waals surface area (Å²) in [5, 5.41) is 6.37. The molecule has 1 aromatic heterocycles. The average molecular weight is 317 g/mol. The molecular weight excluding hydrogens is 290 g/mol. The largest absolute Gasteiger partial charge is 0.354 e. The molecule has 0 unspecified atom stereocenters. The van der Waals surface area contributed by atoms with Crippen molar-refractivity contribution in [2.75, 3.05) is 44.7 Å². The van der Waals surface area contributed by atoms with Gasteiger partial charge in [0, 0.05) is 44.5 Å². The molecule has 0 saturated carbocycles. The van der Waals surface area contributed by atoms with Gasteiger partial charge in [-0.2, -0.15) is 0 Å². The van der Waals surface area contributed by atoms with Crippen LogP contribution in [0.25, 0.3) is 0 Å². The first-order valence-electron chi connectivity index (χ1n) is 8.62. The van der Waals surface area contributed by atoms with Crippen LogP contribution in [-0.2, 0) is 11.3 Å². The zero-order chi connectivity index (χ0) is 16.1. The third kappa shape index (κ3) is 4.20. The highest BCUT2D eigenvalue weighted by molar-refractivity contribution is 5.81. The fraction of sp³-hybridized carbons (Fsp3) is 0.647. The first kappa shape index (κ1) is 16.2. The van der Waals surface area contributed by atoms with Crippen molar-refractivity contribution in [1.29, 1.82) is 0 Å². The second kappa shape index (κ2) is 7.75. The van der Waals surface area contributed by atoms with E-state index in [1.54, 1.807) is 0 Å². The molecule has 2 fully saturated rings. The van der Waals surface area contributed by atoms with Crippen molar-refractivity contribution in [2.45, 2.75) is 31.8 Å². The van der Waals surface area contributed by atoms with Gasteiger partial charge in [0.05, 0.1) is 6.04 Å². The van der Waals surface area contributed by atoms with Gasteiger partial charge in [0.2, 0.25) is 5.91 Å². The van der Waals surface area contributed by atoms with E-state index in [1.165, 1.54) is 6.42 Å². The third-order valence-corrected chi connectivity index (χ3v) is 4.75. The van der Waals surface area contributed by atoms with Gasteiger partial charge in [0.15, 0.2) is 0 Å². The number of pyridine rings is 1. The molecule has 6 nitrogen and oxygen atoms in total. The molecule has 0 aromatic carbocycles. The minimum Gasteiger partial charge on any atom is -0.354 e. The molecule has 2 aliphatic heterocycles. The lowest BCUT2D eigenvalue weighted by Crippen LogP contribution is -2.47. The maximum absolute atomic E-state index is 12.3. The van der Waals surface area contributed by atoms with Crippen LogP contribution in [0.1, 0.15) is 24.8 Å². The number of nitrogens with one attached hydrogen (secondary N) is 2. The van der Waals surface area contributed by atoms with E-state index < -0.39 is 0 Å². The zero-order valence-electron chi connectivity index (χ0n) is 13.9. The average Bonchev–Trinajstić information content (AvgIpc) is 2.61. The quantitative estimate of drug-likeness (QED) is 0.851. The molecule has 0 radical (unpaired) electrons. The Kier molecular flexibility index (Phi) is 5.46. The predicted molar refractivity (Wildman–Crippen MR) is 91.4 cm³/mol. The van der Waals surface area contributed by atoms with Crippen LogP contribution in [0.2, 0.25) is 0 Å². The van der Waals surface area contributed by atoms with E-state index in [1.807, 2.05) is 12.3 Å². The molecule has 1 amide bonds. The zero-order valence-corrected chi connectivity index (χ0v) is 13.9. The predicted octanol–water partition coefficient (Wildman–Crippen LogP) is 0.592. The van der Waals surface area contributed by atoms with E-state index in [4.69, 9.17) is 0 Å². The van der Waals surface area contributed by atoms with Gasteiger partial charge in [0.25, 0.3) is 0 Å². The Labute approximate surface area is 138 Å². The lowest BCUT2D eigenvalue weighted by molar-refractivity contribution is -0.123. The standard InChI is InChI=1S/C17H27N5O/c1-21-9-11-22(12-10-21)16-14(5-4-8-19-16)13-20-17(23)15-6-2-3-7-18-15/h4-5,8,15,18H,2-3,6-7,9-13H2,1H3,(H,20,23)/t15-/m1/s1. The van der Waals surface area contributed by atoms with Gasteiger partial charge in [-0.3, -0.25) is 4.79 Å². The Morgan fingerprint density at radius 1 is 1.35 bits per heavy atom. The van der Waals surface area contributed by atoms with Crippen molar-refractivity contribution in [3.8, 4) is 0 Å². The summed E-state index contributed by atoms with van der Waals surface area (Å²) in [7, 11) is 2.15. The molecular formula is C17H27N5O. The van der Waals surface area contributed by atoms with E-state index >= 15 is 0 Å². The summed E-state index contributed by atoms with van der Waals surface area (Å²) < 4.78 is 0. The molecule has 3 heterocycles. The van der Waals surface area contributed by atoms with E-state index in [2.05, 4.69) is 38.5 Å². The molecule has 2 saturated heterocycles. The molecule has 2 N–H and O–H groups in total. The molecule has 0 aliphatic carbocycles. The normalized spacial score (nSPS) is 22.8. The highest BCUT2D eigenvalue weighted by Gasteiger charge is 2.21. The number of piperazine rings is 1. The number of rotatable bonds is 4. The lowest BCUT2D eigenvalue weighted by atomic mass is 10.0. The first-order valence-corrected chi connectivity index (χ1v) is 8.62. The molecule has 0 spiro atoms. The van der Waals surface area contributed by atoms with Crippen molar-refractivity contribution >= 4 is 11.7 Å². The van der Waals surface area contributed by atoms with Gasteiger partial charge < -0.3 is 20.4 Å². The van der Waals surface area contributed by atoms with Crippen LogP contribution in [0.4, 0.5) is 5.82 Å². The number of anilines is 1. The maximum Gasteiger partial charge on any atom is 0.237 e. The van der Waals surface area contributed by atoms with Crippen LogP contribution in [0.5, 0.6) is 0 Å². The first-order chi connectivity index (χ1) is 11.2. The fourth-order valence-corrected chi connectivity index (χ4v) is 3.25. The number of piperidine rings is 1. The summed E-state index contributed by atoms with van der Waals surface area (Å²) in [6, 6.07) is 3.97. The van der Waals surface area contributed by atoms with Crippen molar-refractivity contribution in [3.63, 3.8) is 0 Å². The van der Waals surface area contributed by atoms with Crippen molar-refractivity contribution < 1.29 is 4.79 Å². The third-order valence-electron chi connectivity index (χ3n) is 4.75. The maximum atomic E-state index is 12.3. The highest BCUT2D eigenvalue weighted by atomic mass is 16.2. The molecule has 0 bridgehead atoms. The SMILES string of the molecule is CN1CCN(c2ncccc2CNC(=O)[C@H]2CCCCN2)CC1. The van der Waals surface area contributed by atoms with Crippen LogP contribution in [0.3, 0.4) is 0 Å².